The van der Waals surface area contributed by atoms with E-state index >= 15 is 0 Å². The summed E-state index contributed by atoms with van der Waals surface area (Å²) in [6.07, 6.45) is -4.58. The van der Waals surface area contributed by atoms with E-state index in [0.717, 1.165) is 28.2 Å². The van der Waals surface area contributed by atoms with E-state index in [4.69, 9.17) is 21.1 Å². The molecule has 1 aromatic heterocycles. The number of nitrogens with one attached hydrogen (secondary N) is 1. The molecule has 1 fully saturated rings. The van der Waals surface area contributed by atoms with Crippen LogP contribution in [0.3, 0.4) is 0 Å². The van der Waals surface area contributed by atoms with Crippen LogP contribution in [0.4, 0.5) is 24.5 Å². The fraction of sp³-hybridized carbons (Fsp3) is 0.273. The molecule has 11 heteroatoms. The predicted molar refractivity (Wildman–Crippen MR) is 120 cm³/mol. The number of alkyl halides is 3. The van der Waals surface area contributed by atoms with Gasteiger partial charge in [0.15, 0.2) is 6.61 Å². The minimum atomic E-state index is -4.58. The average molecular weight is 499 g/mol. The van der Waals surface area contributed by atoms with Crippen molar-refractivity contribution in [2.45, 2.75) is 6.18 Å². The van der Waals surface area contributed by atoms with Crippen molar-refractivity contribution in [2.75, 3.05) is 43.1 Å². The third-order valence-electron chi connectivity index (χ3n) is 5.00. The zero-order valence-electron chi connectivity index (χ0n) is 17.1. The van der Waals surface area contributed by atoms with Gasteiger partial charge in [0, 0.05) is 23.2 Å². The van der Waals surface area contributed by atoms with Gasteiger partial charge in [0.05, 0.1) is 35.2 Å². The van der Waals surface area contributed by atoms with Gasteiger partial charge in [-0.05, 0) is 24.3 Å². The zero-order chi connectivity index (χ0) is 23.6. The number of benzene rings is 2. The van der Waals surface area contributed by atoms with Crippen LogP contribution in [0.1, 0.15) is 15.2 Å². The molecule has 1 aliphatic rings. The maximum absolute atomic E-state index is 13.2. The Hall–Kier alpha value is -2.82. The number of anilines is 2. The highest BCUT2D eigenvalue weighted by Crippen LogP contribution is 2.37. The number of thiophene rings is 1. The molecule has 0 saturated carbocycles. The summed E-state index contributed by atoms with van der Waals surface area (Å²) in [6, 6.07) is 10.3. The first kappa shape index (κ1) is 23.3. The van der Waals surface area contributed by atoms with Crippen LogP contribution < -0.4 is 10.2 Å². The van der Waals surface area contributed by atoms with Gasteiger partial charge in [0.25, 0.3) is 5.91 Å². The minimum Gasteiger partial charge on any atom is -0.451 e. The molecule has 4 rings (SSSR count). The molecule has 2 heterocycles. The molecular formula is C22H18ClF3N2O4S. The molecule has 0 bridgehead atoms. The van der Waals surface area contributed by atoms with E-state index in [0.29, 0.717) is 37.4 Å². The molecule has 0 unspecified atom stereocenters. The molecule has 1 aliphatic heterocycles. The van der Waals surface area contributed by atoms with Crippen molar-refractivity contribution < 1.29 is 32.2 Å². The second kappa shape index (κ2) is 9.58. The number of amides is 1. The van der Waals surface area contributed by atoms with Gasteiger partial charge >= 0.3 is 12.1 Å². The second-order valence-electron chi connectivity index (χ2n) is 7.19. The first-order valence-corrected chi connectivity index (χ1v) is 11.1. The Kier molecular flexibility index (Phi) is 6.78. The van der Waals surface area contributed by atoms with Crippen LogP contribution in [-0.4, -0.2) is 44.8 Å². The number of halogens is 4. The van der Waals surface area contributed by atoms with Crippen molar-refractivity contribution in [2.24, 2.45) is 0 Å². The molecule has 174 valence electrons. The van der Waals surface area contributed by atoms with Gasteiger partial charge in [-0.3, -0.25) is 4.79 Å². The van der Waals surface area contributed by atoms with E-state index in [2.05, 4.69) is 5.32 Å². The lowest BCUT2D eigenvalue weighted by atomic mass is 10.1. The number of carbonyl (C=O) groups excluding carboxylic acids is 2. The molecule has 2 aromatic carbocycles. The van der Waals surface area contributed by atoms with Crippen molar-refractivity contribution in [1.29, 1.82) is 0 Å². The van der Waals surface area contributed by atoms with Gasteiger partial charge in [-0.15, -0.1) is 11.3 Å². The Bertz CT molecular complexity index is 1190. The van der Waals surface area contributed by atoms with Crippen molar-refractivity contribution in [3.63, 3.8) is 0 Å². The van der Waals surface area contributed by atoms with Crippen molar-refractivity contribution in [3.05, 3.63) is 57.9 Å². The Morgan fingerprint density at radius 2 is 1.88 bits per heavy atom. The quantitative estimate of drug-likeness (QED) is 0.489. The summed E-state index contributed by atoms with van der Waals surface area (Å²) in [5.41, 5.74) is -0.491. The highest BCUT2D eigenvalue weighted by atomic mass is 35.5. The maximum atomic E-state index is 13.2. The Balaban J connectivity index is 1.48. The number of esters is 1. The fourth-order valence-electron chi connectivity index (χ4n) is 3.42. The van der Waals surface area contributed by atoms with Crippen LogP contribution in [0, 0.1) is 0 Å². The van der Waals surface area contributed by atoms with Crippen LogP contribution in [0.15, 0.2) is 42.5 Å². The van der Waals surface area contributed by atoms with E-state index in [-0.39, 0.29) is 15.6 Å². The predicted octanol–water partition coefficient (Wildman–Crippen LogP) is 5.21. The number of rotatable bonds is 5. The molecule has 33 heavy (non-hydrogen) atoms. The number of hydrogen-bond donors (Lipinski definition) is 1. The van der Waals surface area contributed by atoms with E-state index in [1.165, 1.54) is 6.07 Å². The van der Waals surface area contributed by atoms with Gasteiger partial charge in [-0.25, -0.2) is 4.79 Å². The summed E-state index contributed by atoms with van der Waals surface area (Å²) in [4.78, 5) is 26.9. The normalized spacial score (nSPS) is 14.4. The van der Waals surface area contributed by atoms with Gasteiger partial charge in [0.2, 0.25) is 0 Å². The van der Waals surface area contributed by atoms with Crippen LogP contribution >= 0.6 is 22.9 Å². The number of morpholine rings is 1. The largest absolute Gasteiger partial charge is 0.451 e. The van der Waals surface area contributed by atoms with E-state index in [1.807, 2.05) is 4.90 Å². The smallest absolute Gasteiger partial charge is 0.416 e. The Morgan fingerprint density at radius 3 is 2.58 bits per heavy atom. The standard InChI is InChI=1S/C22H18ClF3N2O4S/c23-19-14-3-1-2-4-17(14)33-20(19)21(30)32-12-18(29)27-15-11-13(22(24,25)26)5-6-16(15)28-7-9-31-10-8-28/h1-6,11H,7-10,12H2,(H,27,29). The summed E-state index contributed by atoms with van der Waals surface area (Å²) in [6.45, 7) is 1.09. The molecule has 0 atom stereocenters. The molecule has 6 nitrogen and oxygen atoms in total. The minimum absolute atomic E-state index is 0.0207. The average Bonchev–Trinajstić information content (AvgIpc) is 3.14. The molecule has 1 N–H and O–H groups in total. The van der Waals surface area contributed by atoms with Gasteiger partial charge < -0.3 is 19.7 Å². The summed E-state index contributed by atoms with van der Waals surface area (Å²) < 4.78 is 50.8. The fourth-order valence-corrected chi connectivity index (χ4v) is 4.82. The first-order chi connectivity index (χ1) is 15.7. The highest BCUT2D eigenvalue weighted by molar-refractivity contribution is 7.21. The van der Waals surface area contributed by atoms with Crippen molar-refractivity contribution >= 4 is 56.3 Å². The number of hydrogen-bond acceptors (Lipinski definition) is 6. The lowest BCUT2D eigenvalue weighted by Gasteiger charge is -2.31. The molecule has 0 radical (unpaired) electrons. The topological polar surface area (TPSA) is 67.9 Å². The first-order valence-electron chi connectivity index (χ1n) is 9.92. The number of nitrogens with zero attached hydrogens (tertiary/aromatic N) is 1. The van der Waals surface area contributed by atoms with Crippen molar-refractivity contribution in [1.82, 2.24) is 0 Å². The lowest BCUT2D eigenvalue weighted by molar-refractivity contribution is -0.137. The zero-order valence-corrected chi connectivity index (χ0v) is 18.6. The molecule has 3 aromatic rings. The molecular weight excluding hydrogens is 481 g/mol. The Labute approximate surface area is 195 Å². The van der Waals surface area contributed by atoms with Gasteiger partial charge in [-0.2, -0.15) is 13.2 Å². The Morgan fingerprint density at radius 1 is 1.15 bits per heavy atom. The second-order valence-corrected chi connectivity index (χ2v) is 8.62. The van der Waals surface area contributed by atoms with Crippen LogP contribution in [-0.2, 0) is 20.4 Å². The molecule has 0 spiro atoms. The highest BCUT2D eigenvalue weighted by Gasteiger charge is 2.32. The number of ether oxygens (including phenoxy) is 2. The summed E-state index contributed by atoms with van der Waals surface area (Å²) >= 11 is 7.38. The summed E-state index contributed by atoms with van der Waals surface area (Å²) in [5, 5.41) is 3.36. The summed E-state index contributed by atoms with van der Waals surface area (Å²) in [7, 11) is 0. The molecule has 0 aliphatic carbocycles. The maximum Gasteiger partial charge on any atom is 0.416 e. The number of fused-ring (bicyclic) bond motifs is 1. The number of carbonyl (C=O) groups is 2. The van der Waals surface area contributed by atoms with E-state index < -0.39 is 30.2 Å². The summed E-state index contributed by atoms with van der Waals surface area (Å²) in [5.74, 6) is -1.55. The van der Waals surface area contributed by atoms with E-state index in [1.54, 1.807) is 24.3 Å². The van der Waals surface area contributed by atoms with E-state index in [9.17, 15) is 22.8 Å². The lowest BCUT2D eigenvalue weighted by Crippen LogP contribution is -2.37. The van der Waals surface area contributed by atoms with Crippen LogP contribution in [0.25, 0.3) is 10.1 Å². The van der Waals surface area contributed by atoms with Crippen molar-refractivity contribution in [3.8, 4) is 0 Å². The SMILES string of the molecule is O=C(COC(=O)c1sc2ccccc2c1Cl)Nc1cc(C(F)(F)F)ccc1N1CCOCC1. The van der Waals surface area contributed by atoms with Gasteiger partial charge in [0.1, 0.15) is 4.88 Å². The molecule has 1 amide bonds. The van der Waals surface area contributed by atoms with Crippen LogP contribution in [0.2, 0.25) is 5.02 Å². The third kappa shape index (κ3) is 5.23. The monoisotopic (exact) mass is 498 g/mol. The molecule has 1 saturated heterocycles. The third-order valence-corrected chi connectivity index (χ3v) is 6.66. The van der Waals surface area contributed by atoms with Crippen LogP contribution in [0.5, 0.6) is 0 Å². The van der Waals surface area contributed by atoms with Gasteiger partial charge in [-0.1, -0.05) is 29.8 Å².